The summed E-state index contributed by atoms with van der Waals surface area (Å²) in [6.45, 7) is 1.20. The van der Waals surface area contributed by atoms with Crippen LogP contribution in [0.3, 0.4) is 0 Å². The Kier molecular flexibility index (Phi) is 7.36. The first-order valence-corrected chi connectivity index (χ1v) is 6.31. The molecule has 2 heteroatoms. The van der Waals surface area contributed by atoms with Crippen LogP contribution >= 0.6 is 0 Å². The Bertz CT molecular complexity index is 160. The molecule has 1 aliphatic rings. The van der Waals surface area contributed by atoms with Crippen LogP contribution in [0.25, 0.3) is 0 Å². The van der Waals surface area contributed by atoms with Gasteiger partial charge in [0.2, 0.25) is 0 Å². The van der Waals surface area contributed by atoms with E-state index in [4.69, 9.17) is 9.84 Å². The minimum Gasteiger partial charge on any atom is -0.501 e. The Morgan fingerprint density at radius 1 is 1.13 bits per heavy atom. The molecule has 0 aromatic heterocycles. The Morgan fingerprint density at radius 2 is 1.93 bits per heavy atom. The summed E-state index contributed by atoms with van der Waals surface area (Å²) in [7, 11) is 0. The van der Waals surface area contributed by atoms with E-state index in [1.165, 1.54) is 32.1 Å². The molecule has 1 N–H and O–H groups in total. The van der Waals surface area contributed by atoms with Crippen molar-refractivity contribution in [2.24, 2.45) is 5.92 Å². The molecule has 1 saturated carbocycles. The zero-order chi connectivity index (χ0) is 10.8. The van der Waals surface area contributed by atoms with Crippen LogP contribution in [0.15, 0.2) is 12.3 Å². The molecule has 1 aliphatic carbocycles. The van der Waals surface area contributed by atoms with E-state index >= 15 is 0 Å². The van der Waals surface area contributed by atoms with Gasteiger partial charge in [-0.05, 0) is 44.1 Å². The number of ether oxygens (including phenoxy) is 1. The van der Waals surface area contributed by atoms with E-state index in [1.54, 1.807) is 0 Å². The first-order valence-electron chi connectivity index (χ1n) is 6.31. The normalized spacial score (nSPS) is 18.5. The molecular weight excluding hydrogens is 188 g/mol. The highest BCUT2D eigenvalue weighted by Crippen LogP contribution is 2.23. The zero-order valence-electron chi connectivity index (χ0n) is 9.66. The number of unbranched alkanes of at least 4 members (excludes halogenated alkanes) is 2. The molecule has 0 radical (unpaired) electrons. The minimum absolute atomic E-state index is 0.302. The van der Waals surface area contributed by atoms with E-state index in [1.807, 2.05) is 6.26 Å². The number of allylic oxidation sites excluding steroid dienone is 1. The molecule has 0 heterocycles. The first-order chi connectivity index (χ1) is 7.43. The summed E-state index contributed by atoms with van der Waals surface area (Å²) in [5, 5.41) is 8.58. The molecule has 0 unspecified atom stereocenters. The maximum absolute atomic E-state index is 8.58. The van der Waals surface area contributed by atoms with Crippen LogP contribution in [-0.4, -0.2) is 18.3 Å². The van der Waals surface area contributed by atoms with Gasteiger partial charge in [0.25, 0.3) is 0 Å². The maximum atomic E-state index is 8.58. The Labute approximate surface area is 93.3 Å². The average Bonchev–Trinajstić information content (AvgIpc) is 2.29. The molecule has 0 bridgehead atoms. The van der Waals surface area contributed by atoms with Crippen molar-refractivity contribution < 1.29 is 9.84 Å². The van der Waals surface area contributed by atoms with Crippen LogP contribution in [0.1, 0.15) is 51.4 Å². The second kappa shape index (κ2) is 8.78. The van der Waals surface area contributed by atoms with Crippen molar-refractivity contribution in [3.63, 3.8) is 0 Å². The van der Waals surface area contributed by atoms with Crippen molar-refractivity contribution >= 4 is 0 Å². The summed E-state index contributed by atoms with van der Waals surface area (Å²) in [4.78, 5) is 0. The standard InChI is InChI=1S/C13H24O2/c14-10-6-1-2-7-11-15-12-13-8-4-3-5-9-13/h7,11,13-14H,1-6,8-10,12H2/b11-7+. The smallest absolute Gasteiger partial charge is 0.0901 e. The Balaban J connectivity index is 1.90. The number of hydrogen-bond acceptors (Lipinski definition) is 2. The molecule has 0 atom stereocenters. The van der Waals surface area contributed by atoms with Crippen LogP contribution in [0.5, 0.6) is 0 Å². The molecule has 1 fully saturated rings. The summed E-state index contributed by atoms with van der Waals surface area (Å²) >= 11 is 0. The van der Waals surface area contributed by atoms with E-state index in [0.29, 0.717) is 6.61 Å². The lowest BCUT2D eigenvalue weighted by Gasteiger charge is -2.20. The number of aliphatic hydroxyl groups is 1. The van der Waals surface area contributed by atoms with E-state index in [0.717, 1.165) is 31.8 Å². The lowest BCUT2D eigenvalue weighted by Crippen LogP contribution is -2.11. The van der Waals surface area contributed by atoms with Crippen molar-refractivity contribution in [1.29, 1.82) is 0 Å². The fraction of sp³-hybridized carbons (Fsp3) is 0.846. The lowest BCUT2D eigenvalue weighted by molar-refractivity contribution is 0.165. The van der Waals surface area contributed by atoms with Crippen LogP contribution in [0.4, 0.5) is 0 Å². The Morgan fingerprint density at radius 3 is 2.67 bits per heavy atom. The third-order valence-corrected chi connectivity index (χ3v) is 3.03. The van der Waals surface area contributed by atoms with Gasteiger partial charge in [-0.2, -0.15) is 0 Å². The van der Waals surface area contributed by atoms with E-state index in [9.17, 15) is 0 Å². The third-order valence-electron chi connectivity index (χ3n) is 3.03. The molecule has 0 aromatic carbocycles. The van der Waals surface area contributed by atoms with Gasteiger partial charge in [-0.1, -0.05) is 19.3 Å². The maximum Gasteiger partial charge on any atom is 0.0901 e. The SMILES string of the molecule is OCCCC/C=C/OCC1CCCCC1. The van der Waals surface area contributed by atoms with Gasteiger partial charge >= 0.3 is 0 Å². The molecule has 0 aliphatic heterocycles. The van der Waals surface area contributed by atoms with Crippen LogP contribution in [0.2, 0.25) is 0 Å². The monoisotopic (exact) mass is 212 g/mol. The molecule has 2 nitrogen and oxygen atoms in total. The van der Waals surface area contributed by atoms with Crippen molar-refractivity contribution in [3.05, 3.63) is 12.3 Å². The fourth-order valence-corrected chi connectivity index (χ4v) is 2.06. The topological polar surface area (TPSA) is 29.5 Å². The predicted molar refractivity (Wildman–Crippen MR) is 62.6 cm³/mol. The molecule has 1 rings (SSSR count). The van der Waals surface area contributed by atoms with Crippen molar-refractivity contribution in [2.75, 3.05) is 13.2 Å². The molecule has 0 saturated heterocycles. The lowest BCUT2D eigenvalue weighted by atomic mass is 9.90. The average molecular weight is 212 g/mol. The quantitative estimate of drug-likeness (QED) is 0.518. The molecule has 88 valence electrons. The minimum atomic E-state index is 0.302. The van der Waals surface area contributed by atoms with Gasteiger partial charge in [0.05, 0.1) is 12.9 Å². The van der Waals surface area contributed by atoms with Crippen molar-refractivity contribution in [3.8, 4) is 0 Å². The summed E-state index contributed by atoms with van der Waals surface area (Å²) in [5.74, 6) is 0.792. The van der Waals surface area contributed by atoms with Gasteiger partial charge in [-0.25, -0.2) is 0 Å². The van der Waals surface area contributed by atoms with Crippen LogP contribution in [0, 0.1) is 5.92 Å². The molecule has 0 spiro atoms. The summed E-state index contributed by atoms with van der Waals surface area (Å²) in [6, 6.07) is 0. The van der Waals surface area contributed by atoms with Gasteiger partial charge < -0.3 is 9.84 Å². The van der Waals surface area contributed by atoms with Crippen LogP contribution in [-0.2, 0) is 4.74 Å². The number of hydrogen-bond donors (Lipinski definition) is 1. The summed E-state index contributed by atoms with van der Waals surface area (Å²) < 4.78 is 5.51. The van der Waals surface area contributed by atoms with Crippen molar-refractivity contribution in [2.45, 2.75) is 51.4 Å². The number of rotatable bonds is 7. The summed E-state index contributed by atoms with van der Waals surface area (Å²) in [5.41, 5.74) is 0. The molecule has 0 amide bonds. The highest BCUT2D eigenvalue weighted by atomic mass is 16.5. The third kappa shape index (κ3) is 6.56. The highest BCUT2D eigenvalue weighted by Gasteiger charge is 2.12. The van der Waals surface area contributed by atoms with Gasteiger partial charge in [0.1, 0.15) is 0 Å². The van der Waals surface area contributed by atoms with E-state index < -0.39 is 0 Å². The van der Waals surface area contributed by atoms with E-state index in [2.05, 4.69) is 6.08 Å². The summed E-state index contributed by atoms with van der Waals surface area (Å²) in [6.07, 6.45) is 13.7. The Hall–Kier alpha value is -0.500. The second-order valence-corrected chi connectivity index (χ2v) is 4.43. The van der Waals surface area contributed by atoms with Crippen LogP contribution < -0.4 is 0 Å². The molecule has 0 aromatic rings. The van der Waals surface area contributed by atoms with Gasteiger partial charge in [-0.3, -0.25) is 0 Å². The molecule has 15 heavy (non-hydrogen) atoms. The van der Waals surface area contributed by atoms with Gasteiger partial charge in [0.15, 0.2) is 0 Å². The zero-order valence-corrected chi connectivity index (χ0v) is 9.66. The van der Waals surface area contributed by atoms with E-state index in [-0.39, 0.29) is 0 Å². The van der Waals surface area contributed by atoms with Gasteiger partial charge in [-0.15, -0.1) is 0 Å². The highest BCUT2D eigenvalue weighted by molar-refractivity contribution is 4.74. The van der Waals surface area contributed by atoms with Crippen molar-refractivity contribution in [1.82, 2.24) is 0 Å². The largest absolute Gasteiger partial charge is 0.501 e. The first kappa shape index (κ1) is 12.6. The number of aliphatic hydroxyl groups excluding tert-OH is 1. The molecular formula is C13H24O2. The van der Waals surface area contributed by atoms with Gasteiger partial charge in [0, 0.05) is 6.61 Å². The predicted octanol–water partition coefficient (Wildman–Crippen LogP) is 3.26. The second-order valence-electron chi connectivity index (χ2n) is 4.43. The fourth-order valence-electron chi connectivity index (χ4n) is 2.06.